The standard InChI is InChI=1S/C50H61BN2/c1-46(2,3)35-21-19-33(20-22-35)44-39(38-24-23-36(31-42(38)52)47(4,5)6)27-34(32-17-13-12-14-18-32)28-43(44)53-45-40(29-37(30-41(45)51)48(7,8)9)49(10)25-15-16-26-50(49,53)11/h12-14,17-24,27-31H,15-16,25-26,51-52H2,1-11H3. The number of nitrogen functional groups attached to an aromatic ring is 1. The molecule has 3 heteroatoms. The highest BCUT2D eigenvalue weighted by Gasteiger charge is 2.58. The number of anilines is 3. The maximum Gasteiger partial charge on any atom is 0.142 e. The van der Waals surface area contributed by atoms with E-state index in [9.17, 15) is 0 Å². The highest BCUT2D eigenvalue weighted by molar-refractivity contribution is 6.37. The maximum absolute atomic E-state index is 7.17. The van der Waals surface area contributed by atoms with Gasteiger partial charge in [-0.25, -0.2) is 0 Å². The van der Waals surface area contributed by atoms with Gasteiger partial charge in [0.15, 0.2) is 0 Å². The molecule has 0 saturated heterocycles. The van der Waals surface area contributed by atoms with Crippen LogP contribution in [0.25, 0.3) is 33.4 Å². The molecule has 1 heterocycles. The van der Waals surface area contributed by atoms with Crippen molar-refractivity contribution < 1.29 is 0 Å². The fourth-order valence-corrected chi connectivity index (χ4v) is 9.37. The van der Waals surface area contributed by atoms with E-state index < -0.39 is 0 Å². The van der Waals surface area contributed by atoms with Crippen molar-refractivity contribution in [1.29, 1.82) is 0 Å². The third-order valence-corrected chi connectivity index (χ3v) is 13.0. The summed E-state index contributed by atoms with van der Waals surface area (Å²) in [4.78, 5) is 2.81. The van der Waals surface area contributed by atoms with Crippen LogP contribution in [0, 0.1) is 0 Å². The van der Waals surface area contributed by atoms with Gasteiger partial charge in [-0.1, -0.05) is 166 Å². The van der Waals surface area contributed by atoms with Gasteiger partial charge in [-0.2, -0.15) is 0 Å². The lowest BCUT2D eigenvalue weighted by Crippen LogP contribution is -2.55. The highest BCUT2D eigenvalue weighted by atomic mass is 15.3. The molecule has 1 aliphatic heterocycles. The number of fused-ring (bicyclic) bond motifs is 3. The third-order valence-electron chi connectivity index (χ3n) is 13.0. The molecule has 7 rings (SSSR count). The quantitative estimate of drug-likeness (QED) is 0.149. The zero-order valence-electron chi connectivity index (χ0n) is 34.6. The molecule has 0 amide bonds. The molecule has 5 aromatic carbocycles. The minimum atomic E-state index is -0.122. The van der Waals surface area contributed by atoms with E-state index in [1.807, 2.05) is 0 Å². The summed E-state index contributed by atoms with van der Waals surface area (Å²) in [6, 6.07) is 37.0. The minimum absolute atomic E-state index is 0.00194. The van der Waals surface area contributed by atoms with Gasteiger partial charge in [-0.3, -0.25) is 0 Å². The Kier molecular flexibility index (Phi) is 8.87. The molecule has 0 bridgehead atoms. The number of nitrogens with two attached hydrogens (primary N) is 1. The zero-order valence-corrected chi connectivity index (χ0v) is 34.6. The summed E-state index contributed by atoms with van der Waals surface area (Å²) in [6.45, 7) is 25.9. The van der Waals surface area contributed by atoms with Gasteiger partial charge in [0.2, 0.25) is 0 Å². The molecule has 1 fully saturated rings. The number of hydrogen-bond acceptors (Lipinski definition) is 2. The molecular weight excluding hydrogens is 639 g/mol. The van der Waals surface area contributed by atoms with Gasteiger partial charge in [0, 0.05) is 27.9 Å². The Morgan fingerprint density at radius 2 is 1.19 bits per heavy atom. The van der Waals surface area contributed by atoms with E-state index in [0.29, 0.717) is 0 Å². The van der Waals surface area contributed by atoms with Crippen LogP contribution in [0.3, 0.4) is 0 Å². The molecule has 0 radical (unpaired) electrons. The molecule has 0 aromatic heterocycles. The van der Waals surface area contributed by atoms with E-state index in [-0.39, 0.29) is 27.2 Å². The molecule has 2 N–H and O–H groups in total. The number of hydrogen-bond donors (Lipinski definition) is 1. The molecule has 274 valence electrons. The Hall–Kier alpha value is -4.24. The molecule has 5 aromatic rings. The Morgan fingerprint density at radius 3 is 1.79 bits per heavy atom. The SMILES string of the molecule is Bc1cc(C(C)(C)C)cc2c1N(c1cc(-c3ccccc3)cc(-c3ccc(C(C)(C)C)cc3N)c1-c1ccc(C(C)(C)C)cc1)C1(C)CCCCC21C. The second kappa shape index (κ2) is 12.7. The average molecular weight is 701 g/mol. The first-order valence-corrected chi connectivity index (χ1v) is 19.9. The zero-order chi connectivity index (χ0) is 38.3. The van der Waals surface area contributed by atoms with E-state index in [0.717, 1.165) is 17.7 Å². The van der Waals surface area contributed by atoms with Crippen LogP contribution in [-0.2, 0) is 21.7 Å². The van der Waals surface area contributed by atoms with Crippen LogP contribution in [-0.4, -0.2) is 13.4 Å². The van der Waals surface area contributed by atoms with Crippen molar-refractivity contribution in [2.45, 2.75) is 129 Å². The molecule has 2 unspecified atom stereocenters. The van der Waals surface area contributed by atoms with Gasteiger partial charge < -0.3 is 10.6 Å². The Bertz CT molecular complexity index is 2180. The van der Waals surface area contributed by atoms with Gasteiger partial charge in [0.05, 0.1) is 11.2 Å². The molecule has 0 spiro atoms. The predicted octanol–water partition coefficient (Wildman–Crippen LogP) is 12.2. The first kappa shape index (κ1) is 37.1. The Balaban J connectivity index is 1.63. The van der Waals surface area contributed by atoms with Crippen LogP contribution in [0.5, 0.6) is 0 Å². The van der Waals surface area contributed by atoms with Crippen molar-refractivity contribution in [1.82, 2.24) is 0 Å². The Labute approximate surface area is 321 Å². The van der Waals surface area contributed by atoms with Crippen LogP contribution in [0.1, 0.15) is 124 Å². The molecule has 1 aliphatic carbocycles. The minimum Gasteiger partial charge on any atom is -0.398 e. The van der Waals surface area contributed by atoms with Crippen molar-refractivity contribution >= 4 is 30.4 Å². The van der Waals surface area contributed by atoms with E-state index in [1.54, 1.807) is 0 Å². The highest BCUT2D eigenvalue weighted by Crippen LogP contribution is 2.62. The van der Waals surface area contributed by atoms with Gasteiger partial charge in [0.1, 0.15) is 7.85 Å². The molecule has 2 atom stereocenters. The first-order chi connectivity index (χ1) is 24.7. The van der Waals surface area contributed by atoms with Crippen LogP contribution < -0.4 is 16.1 Å². The van der Waals surface area contributed by atoms with E-state index >= 15 is 0 Å². The van der Waals surface area contributed by atoms with Crippen molar-refractivity contribution in [3.63, 3.8) is 0 Å². The fourth-order valence-electron chi connectivity index (χ4n) is 9.37. The Morgan fingerprint density at radius 1 is 0.585 bits per heavy atom. The lowest BCUT2D eigenvalue weighted by Gasteiger charge is -2.51. The van der Waals surface area contributed by atoms with Crippen LogP contribution in [0.2, 0.25) is 0 Å². The van der Waals surface area contributed by atoms with Crippen LogP contribution >= 0.6 is 0 Å². The summed E-state index contributed by atoms with van der Waals surface area (Å²) >= 11 is 0. The lowest BCUT2D eigenvalue weighted by atomic mass is 9.61. The fraction of sp³-hybridized carbons (Fsp3) is 0.400. The number of nitrogens with zero attached hydrogens (tertiary/aromatic N) is 1. The number of benzene rings is 5. The molecule has 53 heavy (non-hydrogen) atoms. The molecule has 2 nitrogen and oxygen atoms in total. The average Bonchev–Trinajstić information content (AvgIpc) is 3.30. The van der Waals surface area contributed by atoms with Crippen LogP contribution in [0.15, 0.2) is 97.1 Å². The lowest BCUT2D eigenvalue weighted by molar-refractivity contribution is 0.195. The van der Waals surface area contributed by atoms with Gasteiger partial charge in [-0.15, -0.1) is 0 Å². The topological polar surface area (TPSA) is 29.3 Å². The van der Waals surface area contributed by atoms with Crippen molar-refractivity contribution in [2.75, 3.05) is 10.6 Å². The summed E-state index contributed by atoms with van der Waals surface area (Å²) < 4.78 is 0. The van der Waals surface area contributed by atoms with Gasteiger partial charge >= 0.3 is 0 Å². The molecular formula is C50H61BN2. The van der Waals surface area contributed by atoms with Crippen LogP contribution in [0.4, 0.5) is 17.1 Å². The van der Waals surface area contributed by atoms with E-state index in [1.165, 1.54) is 86.2 Å². The third kappa shape index (κ3) is 6.23. The maximum atomic E-state index is 7.17. The van der Waals surface area contributed by atoms with Crippen molar-refractivity contribution in [2.24, 2.45) is 0 Å². The monoisotopic (exact) mass is 700 g/mol. The second-order valence-electron chi connectivity index (χ2n) is 19.8. The second-order valence-corrected chi connectivity index (χ2v) is 19.8. The smallest absolute Gasteiger partial charge is 0.142 e. The van der Waals surface area contributed by atoms with E-state index in [2.05, 4.69) is 186 Å². The van der Waals surface area contributed by atoms with Gasteiger partial charge in [-0.05, 0) is 98.7 Å². The first-order valence-electron chi connectivity index (χ1n) is 19.9. The summed E-state index contributed by atoms with van der Waals surface area (Å²) in [6.07, 6.45) is 4.80. The molecule has 1 saturated carbocycles. The predicted molar refractivity (Wildman–Crippen MR) is 234 cm³/mol. The normalized spacial score (nSPS) is 20.3. The molecule has 2 aliphatic rings. The summed E-state index contributed by atoms with van der Waals surface area (Å²) in [5, 5.41) is 0. The largest absolute Gasteiger partial charge is 0.398 e. The van der Waals surface area contributed by atoms with Crippen molar-refractivity contribution in [3.05, 3.63) is 119 Å². The number of rotatable bonds is 4. The summed E-state index contributed by atoms with van der Waals surface area (Å²) in [5.74, 6) is 0. The van der Waals surface area contributed by atoms with E-state index in [4.69, 9.17) is 5.73 Å². The summed E-state index contributed by atoms with van der Waals surface area (Å²) in [7, 11) is 2.36. The van der Waals surface area contributed by atoms with Crippen molar-refractivity contribution in [3.8, 4) is 33.4 Å². The summed E-state index contributed by atoms with van der Waals surface area (Å²) in [5.41, 5.74) is 24.7. The van der Waals surface area contributed by atoms with Gasteiger partial charge in [0.25, 0.3) is 0 Å².